The van der Waals surface area contributed by atoms with Crippen molar-refractivity contribution in [2.24, 2.45) is 0 Å². The van der Waals surface area contributed by atoms with Crippen LogP contribution >= 0.6 is 0 Å². The third kappa shape index (κ3) is 5.07. The van der Waals surface area contributed by atoms with E-state index in [4.69, 9.17) is 0 Å². The third-order valence-corrected chi connectivity index (χ3v) is 5.56. The van der Waals surface area contributed by atoms with Crippen LogP contribution in [-0.2, 0) is 17.8 Å². The largest absolute Gasteiger partial charge is 0.343 e. The van der Waals surface area contributed by atoms with Crippen LogP contribution < -0.4 is 0 Å². The summed E-state index contributed by atoms with van der Waals surface area (Å²) in [4.78, 5) is 16.5. The molecule has 0 N–H and O–H groups in total. The number of likely N-dealkylation sites (tertiary alicyclic amines) is 1. The maximum absolute atomic E-state index is 12.1. The van der Waals surface area contributed by atoms with E-state index in [2.05, 4.69) is 56.9 Å². The van der Waals surface area contributed by atoms with Crippen molar-refractivity contribution >= 4 is 5.91 Å². The first-order valence-corrected chi connectivity index (χ1v) is 9.47. The van der Waals surface area contributed by atoms with Crippen molar-refractivity contribution in [3.05, 3.63) is 35.4 Å². The van der Waals surface area contributed by atoms with Crippen molar-refractivity contribution in [3.63, 3.8) is 0 Å². The van der Waals surface area contributed by atoms with Crippen LogP contribution in [0.15, 0.2) is 24.3 Å². The highest BCUT2D eigenvalue weighted by atomic mass is 16.2. The van der Waals surface area contributed by atoms with Gasteiger partial charge in [0.1, 0.15) is 0 Å². The number of carbonyl (C=O) groups excluding carboxylic acids is 1. The van der Waals surface area contributed by atoms with Crippen LogP contribution in [0.2, 0.25) is 0 Å². The van der Waals surface area contributed by atoms with Crippen LogP contribution in [0.25, 0.3) is 0 Å². The van der Waals surface area contributed by atoms with Gasteiger partial charge in [-0.25, -0.2) is 0 Å². The predicted octanol–water partition coefficient (Wildman–Crippen LogP) is 4.25. The van der Waals surface area contributed by atoms with E-state index in [1.807, 2.05) is 11.9 Å². The first-order chi connectivity index (χ1) is 11.4. The van der Waals surface area contributed by atoms with Crippen LogP contribution in [-0.4, -0.2) is 40.9 Å². The minimum absolute atomic E-state index is 0.227. The molecule has 1 fully saturated rings. The van der Waals surface area contributed by atoms with Gasteiger partial charge in [0, 0.05) is 38.1 Å². The van der Waals surface area contributed by atoms with E-state index in [-0.39, 0.29) is 11.9 Å². The van der Waals surface area contributed by atoms with Crippen LogP contribution in [0, 0.1) is 0 Å². The Labute approximate surface area is 148 Å². The fourth-order valence-electron chi connectivity index (χ4n) is 3.52. The lowest BCUT2D eigenvalue weighted by Crippen LogP contribution is -2.42. The van der Waals surface area contributed by atoms with Crippen molar-refractivity contribution in [1.29, 1.82) is 0 Å². The molecule has 2 rings (SSSR count). The number of benzene rings is 1. The van der Waals surface area contributed by atoms with Crippen molar-refractivity contribution in [2.75, 3.05) is 7.05 Å². The summed E-state index contributed by atoms with van der Waals surface area (Å²) in [6.45, 7) is 9.84. The molecule has 0 aliphatic carbocycles. The highest BCUT2D eigenvalue weighted by Crippen LogP contribution is 2.24. The topological polar surface area (TPSA) is 23.6 Å². The summed E-state index contributed by atoms with van der Waals surface area (Å²) in [7, 11) is 1.89. The van der Waals surface area contributed by atoms with Crippen LogP contribution in [0.5, 0.6) is 0 Å². The molecule has 1 aliphatic heterocycles. The highest BCUT2D eigenvalue weighted by molar-refractivity contribution is 5.76. The second kappa shape index (κ2) is 8.66. The lowest BCUT2D eigenvalue weighted by molar-refractivity contribution is -0.131. The Morgan fingerprint density at radius 3 is 2.21 bits per heavy atom. The van der Waals surface area contributed by atoms with Crippen molar-refractivity contribution in [1.82, 2.24) is 9.80 Å². The van der Waals surface area contributed by atoms with Gasteiger partial charge >= 0.3 is 0 Å². The Kier molecular flexibility index (Phi) is 6.85. The van der Waals surface area contributed by atoms with Crippen LogP contribution in [0.1, 0.15) is 64.5 Å². The average Bonchev–Trinajstić information content (AvgIpc) is 2.56. The molecule has 1 saturated heterocycles. The van der Waals surface area contributed by atoms with Gasteiger partial charge in [0.25, 0.3) is 0 Å². The molecule has 1 aliphatic rings. The average molecular weight is 331 g/mol. The van der Waals surface area contributed by atoms with Gasteiger partial charge in [0.2, 0.25) is 5.91 Å². The fourth-order valence-corrected chi connectivity index (χ4v) is 3.52. The second-order valence-corrected chi connectivity index (χ2v) is 7.72. The molecule has 24 heavy (non-hydrogen) atoms. The van der Waals surface area contributed by atoms with Crippen molar-refractivity contribution < 1.29 is 4.79 Å². The Morgan fingerprint density at radius 2 is 1.67 bits per heavy atom. The number of carbonyl (C=O) groups is 1. The highest BCUT2D eigenvalue weighted by Gasteiger charge is 2.24. The summed E-state index contributed by atoms with van der Waals surface area (Å²) in [5.74, 6) is 0.227. The number of rotatable bonds is 6. The quantitative estimate of drug-likeness (QED) is 0.778. The van der Waals surface area contributed by atoms with Gasteiger partial charge < -0.3 is 4.90 Å². The fraction of sp³-hybridized carbons (Fsp3) is 0.667. The molecule has 1 aromatic carbocycles. The number of piperidine rings is 1. The van der Waals surface area contributed by atoms with Gasteiger partial charge in [-0.05, 0) is 58.1 Å². The molecule has 1 amide bonds. The lowest BCUT2D eigenvalue weighted by atomic mass is 9.96. The van der Waals surface area contributed by atoms with E-state index in [1.54, 1.807) is 0 Å². The van der Waals surface area contributed by atoms with E-state index in [0.717, 1.165) is 13.0 Å². The maximum Gasteiger partial charge on any atom is 0.222 e. The SMILES string of the molecule is CC(C)N(C)C(=O)CCc1ccc(CN2[C@H](C)CCC[C@@H]2C)cc1. The van der Waals surface area contributed by atoms with Gasteiger partial charge in [-0.15, -0.1) is 0 Å². The number of aryl methyl sites for hydroxylation is 1. The number of hydrogen-bond acceptors (Lipinski definition) is 2. The molecule has 1 aromatic rings. The molecule has 0 radical (unpaired) electrons. The molecule has 3 nitrogen and oxygen atoms in total. The van der Waals surface area contributed by atoms with Crippen LogP contribution in [0.4, 0.5) is 0 Å². The van der Waals surface area contributed by atoms with Gasteiger partial charge in [-0.1, -0.05) is 30.7 Å². The van der Waals surface area contributed by atoms with E-state index in [9.17, 15) is 4.79 Å². The summed E-state index contributed by atoms with van der Waals surface area (Å²) in [5.41, 5.74) is 2.63. The zero-order chi connectivity index (χ0) is 17.7. The normalized spacial score (nSPS) is 21.9. The smallest absolute Gasteiger partial charge is 0.222 e. The van der Waals surface area contributed by atoms with E-state index >= 15 is 0 Å². The van der Waals surface area contributed by atoms with Gasteiger partial charge in [0.15, 0.2) is 0 Å². The molecule has 1 heterocycles. The monoisotopic (exact) mass is 330 g/mol. The van der Waals surface area contributed by atoms with Crippen molar-refractivity contribution in [3.8, 4) is 0 Å². The van der Waals surface area contributed by atoms with Gasteiger partial charge in [0.05, 0.1) is 0 Å². The Hall–Kier alpha value is -1.35. The first kappa shape index (κ1) is 19.0. The third-order valence-electron chi connectivity index (χ3n) is 5.56. The lowest BCUT2D eigenvalue weighted by Gasteiger charge is -2.39. The molecule has 0 unspecified atom stereocenters. The maximum atomic E-state index is 12.1. The summed E-state index contributed by atoms with van der Waals surface area (Å²) in [6.07, 6.45) is 5.40. The standard InChI is InChI=1S/C21H34N2O/c1-16(2)22(5)21(24)14-13-19-9-11-20(12-10-19)15-23-17(3)7-6-8-18(23)4/h9-12,16-18H,6-8,13-15H2,1-5H3/t17-,18+. The zero-order valence-electron chi connectivity index (χ0n) is 16.1. The molecule has 0 saturated carbocycles. The second-order valence-electron chi connectivity index (χ2n) is 7.72. The minimum atomic E-state index is 0.227. The molecule has 0 aromatic heterocycles. The Balaban J connectivity index is 1.87. The van der Waals surface area contributed by atoms with Gasteiger partial charge in [-0.2, -0.15) is 0 Å². The van der Waals surface area contributed by atoms with E-state index in [1.165, 1.54) is 30.4 Å². The number of nitrogens with zero attached hydrogens (tertiary/aromatic N) is 2. The van der Waals surface area contributed by atoms with Crippen molar-refractivity contribution in [2.45, 2.75) is 84.5 Å². The van der Waals surface area contributed by atoms with Crippen LogP contribution in [0.3, 0.4) is 0 Å². The first-order valence-electron chi connectivity index (χ1n) is 9.47. The minimum Gasteiger partial charge on any atom is -0.343 e. The molecular formula is C21H34N2O. The predicted molar refractivity (Wildman–Crippen MR) is 101 cm³/mol. The van der Waals surface area contributed by atoms with E-state index in [0.29, 0.717) is 18.5 Å². The number of hydrogen-bond donors (Lipinski definition) is 0. The molecule has 0 spiro atoms. The van der Waals surface area contributed by atoms with Gasteiger partial charge in [-0.3, -0.25) is 9.69 Å². The summed E-state index contributed by atoms with van der Waals surface area (Å²) < 4.78 is 0. The molecule has 2 atom stereocenters. The summed E-state index contributed by atoms with van der Waals surface area (Å²) in [6, 6.07) is 10.5. The Morgan fingerprint density at radius 1 is 1.12 bits per heavy atom. The zero-order valence-corrected chi connectivity index (χ0v) is 16.1. The van der Waals surface area contributed by atoms with E-state index < -0.39 is 0 Å². The summed E-state index contributed by atoms with van der Waals surface area (Å²) in [5, 5.41) is 0. The molecule has 0 bridgehead atoms. The molecule has 3 heteroatoms. The summed E-state index contributed by atoms with van der Waals surface area (Å²) >= 11 is 0. The number of amides is 1. The molecular weight excluding hydrogens is 296 g/mol. The Bertz CT molecular complexity index is 513. The molecule has 134 valence electrons.